The highest BCUT2D eigenvalue weighted by Crippen LogP contribution is 2.25. The van der Waals surface area contributed by atoms with Crippen LogP contribution in [0.2, 0.25) is 0 Å². The summed E-state index contributed by atoms with van der Waals surface area (Å²) in [4.78, 5) is 16.6. The largest absolute Gasteiger partial charge is 0.370 e. The zero-order chi connectivity index (χ0) is 18.7. The summed E-state index contributed by atoms with van der Waals surface area (Å²) in [6.07, 6.45) is 0. The van der Waals surface area contributed by atoms with Gasteiger partial charge in [0.25, 0.3) is 0 Å². The molecule has 6 nitrogen and oxygen atoms in total. The second kappa shape index (κ2) is 8.03. The predicted octanol–water partition coefficient (Wildman–Crippen LogP) is 3.82. The van der Waals surface area contributed by atoms with Gasteiger partial charge >= 0.3 is 6.03 Å². The molecule has 26 heavy (non-hydrogen) atoms. The van der Waals surface area contributed by atoms with E-state index < -0.39 is 0 Å². The lowest BCUT2D eigenvalue weighted by Gasteiger charge is -2.29. The van der Waals surface area contributed by atoms with E-state index in [0.717, 1.165) is 41.4 Å². The molecule has 1 aliphatic heterocycles. The maximum absolute atomic E-state index is 12.6. The minimum atomic E-state index is -0.143. The van der Waals surface area contributed by atoms with E-state index in [-0.39, 0.29) is 6.03 Å². The molecule has 1 aromatic carbocycles. The molecule has 1 aliphatic rings. The van der Waals surface area contributed by atoms with Crippen molar-refractivity contribution in [2.75, 3.05) is 41.9 Å². The molecule has 0 spiro atoms. The van der Waals surface area contributed by atoms with Gasteiger partial charge in [-0.25, -0.2) is 4.79 Å². The zero-order valence-corrected chi connectivity index (χ0v) is 16.7. The van der Waals surface area contributed by atoms with Crippen molar-refractivity contribution in [3.63, 3.8) is 0 Å². The van der Waals surface area contributed by atoms with Crippen molar-refractivity contribution in [3.05, 3.63) is 40.8 Å². The van der Waals surface area contributed by atoms with Crippen molar-refractivity contribution >= 4 is 29.2 Å². The highest BCUT2D eigenvalue weighted by molar-refractivity contribution is 7.99. The van der Waals surface area contributed by atoms with E-state index in [9.17, 15) is 4.79 Å². The number of carbonyl (C=O) groups is 1. The Bertz CT molecular complexity index is 764. The fourth-order valence-electron chi connectivity index (χ4n) is 3.05. The van der Waals surface area contributed by atoms with Crippen LogP contribution in [0.1, 0.15) is 22.6 Å². The van der Waals surface area contributed by atoms with Gasteiger partial charge in [0.05, 0.1) is 12.2 Å². The number of thioether (sulfide) groups is 1. The molecule has 2 amide bonds. The minimum Gasteiger partial charge on any atom is -0.370 e. The van der Waals surface area contributed by atoms with E-state index in [4.69, 9.17) is 4.52 Å². The number of aromatic nitrogens is 1. The quantitative estimate of drug-likeness (QED) is 0.882. The third-order valence-electron chi connectivity index (χ3n) is 4.75. The summed E-state index contributed by atoms with van der Waals surface area (Å²) >= 11 is 2.00. The van der Waals surface area contributed by atoms with Crippen LogP contribution in [0.5, 0.6) is 0 Å². The Labute approximate surface area is 158 Å². The van der Waals surface area contributed by atoms with Crippen molar-refractivity contribution in [1.29, 1.82) is 0 Å². The fraction of sp³-hybridized carbons (Fsp3) is 0.474. The number of amides is 2. The van der Waals surface area contributed by atoms with Crippen molar-refractivity contribution in [3.8, 4) is 0 Å². The minimum absolute atomic E-state index is 0.143. The second-order valence-corrected chi connectivity index (χ2v) is 7.91. The highest BCUT2D eigenvalue weighted by atomic mass is 32.2. The van der Waals surface area contributed by atoms with Gasteiger partial charge in [0, 0.05) is 48.6 Å². The Morgan fingerprint density at radius 2 is 2.04 bits per heavy atom. The lowest BCUT2D eigenvalue weighted by molar-refractivity contribution is 0.220. The lowest BCUT2D eigenvalue weighted by Crippen LogP contribution is -2.33. The third-order valence-corrected chi connectivity index (χ3v) is 5.69. The topological polar surface area (TPSA) is 61.6 Å². The van der Waals surface area contributed by atoms with Crippen LogP contribution in [0.3, 0.4) is 0 Å². The van der Waals surface area contributed by atoms with Crippen LogP contribution in [0.4, 0.5) is 16.2 Å². The van der Waals surface area contributed by atoms with Crippen LogP contribution >= 0.6 is 11.8 Å². The first-order valence-electron chi connectivity index (χ1n) is 8.83. The molecule has 140 valence electrons. The third kappa shape index (κ3) is 4.15. The molecule has 1 aromatic heterocycles. The second-order valence-electron chi connectivity index (χ2n) is 6.69. The molecule has 2 heterocycles. The molecular formula is C19H26N4O2S. The Morgan fingerprint density at radius 3 is 2.65 bits per heavy atom. The van der Waals surface area contributed by atoms with Crippen LogP contribution in [0, 0.1) is 20.8 Å². The Kier molecular flexibility index (Phi) is 5.76. The van der Waals surface area contributed by atoms with Gasteiger partial charge in [-0.15, -0.1) is 0 Å². The maximum Gasteiger partial charge on any atom is 0.321 e. The smallest absolute Gasteiger partial charge is 0.321 e. The fourth-order valence-corrected chi connectivity index (χ4v) is 3.96. The molecule has 0 aliphatic carbocycles. The number of anilines is 2. The average Bonchev–Trinajstić information content (AvgIpc) is 2.96. The summed E-state index contributed by atoms with van der Waals surface area (Å²) in [5.41, 5.74) is 4.92. The number of aryl methyl sites for hydroxylation is 3. The van der Waals surface area contributed by atoms with E-state index in [1.807, 2.05) is 38.6 Å². The van der Waals surface area contributed by atoms with E-state index >= 15 is 0 Å². The van der Waals surface area contributed by atoms with Gasteiger partial charge in [-0.05, 0) is 44.5 Å². The van der Waals surface area contributed by atoms with Gasteiger partial charge in [0.2, 0.25) is 0 Å². The number of carbonyl (C=O) groups excluding carboxylic acids is 1. The van der Waals surface area contributed by atoms with Crippen LogP contribution in [-0.4, -0.2) is 47.7 Å². The molecule has 1 N–H and O–H groups in total. The number of rotatable bonds is 4. The molecule has 2 aromatic rings. The van der Waals surface area contributed by atoms with Crippen LogP contribution in [-0.2, 0) is 6.54 Å². The molecule has 0 unspecified atom stereocenters. The number of urea groups is 1. The summed E-state index contributed by atoms with van der Waals surface area (Å²) in [5.74, 6) is 3.09. The number of benzene rings is 1. The van der Waals surface area contributed by atoms with Gasteiger partial charge in [-0.2, -0.15) is 11.8 Å². The molecule has 0 bridgehead atoms. The zero-order valence-electron chi connectivity index (χ0n) is 15.8. The number of hydrogen-bond acceptors (Lipinski definition) is 5. The van der Waals surface area contributed by atoms with Crippen molar-refractivity contribution in [2.24, 2.45) is 0 Å². The molecule has 7 heteroatoms. The number of nitrogens with one attached hydrogen (secondary N) is 1. The predicted molar refractivity (Wildman–Crippen MR) is 107 cm³/mol. The van der Waals surface area contributed by atoms with Crippen LogP contribution < -0.4 is 10.2 Å². The molecule has 1 fully saturated rings. The normalized spacial score (nSPS) is 14.4. The van der Waals surface area contributed by atoms with Crippen molar-refractivity contribution < 1.29 is 9.32 Å². The van der Waals surface area contributed by atoms with Crippen LogP contribution in [0.25, 0.3) is 0 Å². The Morgan fingerprint density at radius 1 is 1.31 bits per heavy atom. The average molecular weight is 375 g/mol. The molecule has 3 rings (SSSR count). The summed E-state index contributed by atoms with van der Waals surface area (Å²) in [5, 5.41) is 6.95. The van der Waals surface area contributed by atoms with Gasteiger partial charge in [-0.3, -0.25) is 0 Å². The van der Waals surface area contributed by atoms with Gasteiger partial charge in [0.15, 0.2) is 0 Å². The first-order chi connectivity index (χ1) is 12.5. The molecule has 1 saturated heterocycles. The Balaban J connectivity index is 1.65. The van der Waals surface area contributed by atoms with Gasteiger partial charge in [0.1, 0.15) is 5.76 Å². The number of nitrogens with zero attached hydrogens (tertiary/aromatic N) is 3. The van der Waals surface area contributed by atoms with Crippen molar-refractivity contribution in [1.82, 2.24) is 10.1 Å². The summed E-state index contributed by atoms with van der Waals surface area (Å²) in [6, 6.07) is 6.09. The summed E-state index contributed by atoms with van der Waals surface area (Å²) in [7, 11) is 1.77. The monoisotopic (exact) mass is 374 g/mol. The van der Waals surface area contributed by atoms with E-state index in [1.54, 1.807) is 11.9 Å². The SMILES string of the molecule is Cc1cc(N2CCSCC2)ccc1NC(=O)N(C)Cc1c(C)noc1C. The first-order valence-corrected chi connectivity index (χ1v) is 9.98. The van der Waals surface area contributed by atoms with Gasteiger partial charge < -0.3 is 19.6 Å². The molecule has 0 atom stereocenters. The number of hydrogen-bond donors (Lipinski definition) is 1. The highest BCUT2D eigenvalue weighted by Gasteiger charge is 2.17. The molecule has 0 saturated carbocycles. The maximum atomic E-state index is 12.6. The summed E-state index contributed by atoms with van der Waals surface area (Å²) < 4.78 is 5.17. The molecular weight excluding hydrogens is 348 g/mol. The molecule has 0 radical (unpaired) electrons. The van der Waals surface area contributed by atoms with E-state index in [1.165, 1.54) is 17.2 Å². The standard InChI is InChI=1S/C19H26N4O2S/c1-13-11-16(23-7-9-26-10-8-23)5-6-18(13)20-19(24)22(4)12-17-14(2)21-25-15(17)3/h5-6,11H,7-10,12H2,1-4H3,(H,20,24). The van der Waals surface area contributed by atoms with E-state index in [0.29, 0.717) is 6.54 Å². The van der Waals surface area contributed by atoms with Gasteiger partial charge in [-0.1, -0.05) is 5.16 Å². The Hall–Kier alpha value is -2.15. The van der Waals surface area contributed by atoms with E-state index in [2.05, 4.69) is 27.5 Å². The lowest BCUT2D eigenvalue weighted by atomic mass is 10.1. The summed E-state index contributed by atoms with van der Waals surface area (Å²) in [6.45, 7) is 8.41. The van der Waals surface area contributed by atoms with Crippen LogP contribution in [0.15, 0.2) is 22.7 Å². The van der Waals surface area contributed by atoms with Crippen molar-refractivity contribution in [2.45, 2.75) is 27.3 Å². The first kappa shape index (κ1) is 18.6.